The minimum absolute atomic E-state index is 0.0106. The van der Waals surface area contributed by atoms with Gasteiger partial charge < -0.3 is 9.84 Å². The average molecular weight is 293 g/mol. The zero-order valence-electron chi connectivity index (χ0n) is 8.47. The number of aliphatic hydroxyl groups is 1. The summed E-state index contributed by atoms with van der Waals surface area (Å²) < 4.78 is 32.1. The number of hydrogen-bond acceptors (Lipinski definition) is 2. The molecule has 0 unspecified atom stereocenters. The smallest absolute Gasteiger partial charge is 0.137 e. The monoisotopic (exact) mass is 292 g/mol. The second-order valence-corrected chi connectivity index (χ2v) is 4.74. The molecule has 0 amide bonds. The maximum atomic E-state index is 13.7. The fraction of sp³-hybridized carbons (Fsp3) is 0.455. The van der Waals surface area contributed by atoms with Gasteiger partial charge in [0.1, 0.15) is 11.6 Å². The van der Waals surface area contributed by atoms with Crippen molar-refractivity contribution < 1.29 is 18.6 Å². The van der Waals surface area contributed by atoms with Gasteiger partial charge in [-0.3, -0.25) is 0 Å². The van der Waals surface area contributed by atoms with E-state index in [-0.39, 0.29) is 22.9 Å². The lowest BCUT2D eigenvalue weighted by molar-refractivity contribution is -0.0699. The van der Waals surface area contributed by atoms with Gasteiger partial charge in [0, 0.05) is 31.6 Å². The molecule has 2 nitrogen and oxygen atoms in total. The lowest BCUT2D eigenvalue weighted by Crippen LogP contribution is -2.34. The summed E-state index contributed by atoms with van der Waals surface area (Å²) in [6.45, 7) is 0.710. The third kappa shape index (κ3) is 2.12. The van der Waals surface area contributed by atoms with Crippen LogP contribution in [0.3, 0.4) is 0 Å². The highest BCUT2D eigenvalue weighted by atomic mass is 79.9. The van der Waals surface area contributed by atoms with E-state index in [1.54, 1.807) is 0 Å². The molecule has 1 aliphatic rings. The van der Waals surface area contributed by atoms with Crippen LogP contribution in [-0.4, -0.2) is 18.3 Å². The fourth-order valence-electron chi connectivity index (χ4n) is 1.86. The molecule has 5 heteroatoms. The summed E-state index contributed by atoms with van der Waals surface area (Å²) in [4.78, 5) is 0. The highest BCUT2D eigenvalue weighted by Gasteiger charge is 2.34. The lowest BCUT2D eigenvalue weighted by Gasteiger charge is -2.32. The SMILES string of the molecule is OC1(c2cc(F)c(Br)cc2F)CCOCC1. The van der Waals surface area contributed by atoms with Crippen molar-refractivity contribution >= 4 is 15.9 Å². The van der Waals surface area contributed by atoms with E-state index in [0.29, 0.717) is 13.2 Å². The number of halogens is 3. The molecule has 0 aliphatic carbocycles. The first-order valence-electron chi connectivity index (χ1n) is 4.98. The average Bonchev–Trinajstić information content (AvgIpc) is 2.24. The zero-order valence-corrected chi connectivity index (χ0v) is 10.1. The molecule has 1 aromatic carbocycles. The second-order valence-electron chi connectivity index (χ2n) is 3.89. The minimum Gasteiger partial charge on any atom is -0.385 e. The fourth-order valence-corrected chi connectivity index (χ4v) is 2.17. The molecule has 0 atom stereocenters. The molecule has 1 heterocycles. The van der Waals surface area contributed by atoms with Crippen molar-refractivity contribution in [2.45, 2.75) is 18.4 Å². The molecule has 1 fully saturated rings. The molecule has 0 aromatic heterocycles. The Morgan fingerprint density at radius 3 is 2.44 bits per heavy atom. The van der Waals surface area contributed by atoms with Crippen molar-refractivity contribution in [3.05, 3.63) is 33.8 Å². The van der Waals surface area contributed by atoms with E-state index >= 15 is 0 Å². The number of benzene rings is 1. The normalized spacial score (nSPS) is 19.8. The molecule has 1 aromatic rings. The third-order valence-electron chi connectivity index (χ3n) is 2.83. The van der Waals surface area contributed by atoms with Gasteiger partial charge in [-0.25, -0.2) is 8.78 Å². The van der Waals surface area contributed by atoms with E-state index in [9.17, 15) is 13.9 Å². The topological polar surface area (TPSA) is 29.5 Å². The largest absolute Gasteiger partial charge is 0.385 e. The van der Waals surface area contributed by atoms with Crippen LogP contribution in [-0.2, 0) is 10.3 Å². The van der Waals surface area contributed by atoms with Gasteiger partial charge in [-0.15, -0.1) is 0 Å². The molecule has 88 valence electrons. The summed E-state index contributed by atoms with van der Waals surface area (Å²) >= 11 is 2.90. The van der Waals surface area contributed by atoms with Crippen LogP contribution in [0, 0.1) is 11.6 Å². The minimum atomic E-state index is -1.32. The highest BCUT2D eigenvalue weighted by molar-refractivity contribution is 9.10. The van der Waals surface area contributed by atoms with Gasteiger partial charge in [0.05, 0.1) is 10.1 Å². The Bertz CT molecular complexity index is 403. The molecule has 0 saturated carbocycles. The Balaban J connectivity index is 2.42. The number of rotatable bonds is 1. The summed E-state index contributed by atoms with van der Waals surface area (Å²) in [6.07, 6.45) is 0.565. The van der Waals surface area contributed by atoms with E-state index < -0.39 is 17.2 Å². The first-order chi connectivity index (χ1) is 7.53. The molecule has 0 bridgehead atoms. The molecule has 0 spiro atoms. The molecule has 1 N–H and O–H groups in total. The second kappa shape index (κ2) is 4.39. The van der Waals surface area contributed by atoms with Crippen molar-refractivity contribution in [2.75, 3.05) is 13.2 Å². The van der Waals surface area contributed by atoms with Gasteiger partial charge in [0.25, 0.3) is 0 Å². The maximum Gasteiger partial charge on any atom is 0.137 e. The number of hydrogen-bond donors (Lipinski definition) is 1. The van der Waals surface area contributed by atoms with E-state index in [1.165, 1.54) is 0 Å². The Labute approximate surface area is 100 Å². The predicted molar refractivity (Wildman–Crippen MR) is 58.0 cm³/mol. The molecular formula is C11H11BrF2O2. The van der Waals surface area contributed by atoms with Gasteiger partial charge in [-0.2, -0.15) is 0 Å². The molecule has 1 aliphatic heterocycles. The summed E-state index contributed by atoms with van der Waals surface area (Å²) in [5.74, 6) is -1.17. The van der Waals surface area contributed by atoms with Crippen molar-refractivity contribution in [1.82, 2.24) is 0 Å². The van der Waals surface area contributed by atoms with Crippen LogP contribution in [0.25, 0.3) is 0 Å². The lowest BCUT2D eigenvalue weighted by atomic mass is 9.86. The third-order valence-corrected chi connectivity index (χ3v) is 3.44. The first-order valence-corrected chi connectivity index (χ1v) is 5.77. The Morgan fingerprint density at radius 2 is 1.81 bits per heavy atom. The molecule has 1 saturated heterocycles. The van der Waals surface area contributed by atoms with Gasteiger partial charge in [-0.05, 0) is 28.1 Å². The van der Waals surface area contributed by atoms with Crippen LogP contribution in [0.1, 0.15) is 18.4 Å². The van der Waals surface area contributed by atoms with Crippen LogP contribution in [0.15, 0.2) is 16.6 Å². The van der Waals surface area contributed by atoms with Crippen LogP contribution in [0.2, 0.25) is 0 Å². The van der Waals surface area contributed by atoms with Crippen molar-refractivity contribution in [2.24, 2.45) is 0 Å². The summed E-state index contributed by atoms with van der Waals surface area (Å²) in [5.41, 5.74) is -1.30. The van der Waals surface area contributed by atoms with E-state index in [4.69, 9.17) is 4.74 Å². The van der Waals surface area contributed by atoms with Gasteiger partial charge >= 0.3 is 0 Å². The van der Waals surface area contributed by atoms with E-state index in [2.05, 4.69) is 15.9 Å². The number of ether oxygens (including phenoxy) is 1. The van der Waals surface area contributed by atoms with Gasteiger partial charge in [0.2, 0.25) is 0 Å². The molecule has 0 radical (unpaired) electrons. The van der Waals surface area contributed by atoms with Crippen molar-refractivity contribution in [3.8, 4) is 0 Å². The predicted octanol–water partition coefficient (Wildman–Crippen LogP) is 2.73. The highest BCUT2D eigenvalue weighted by Crippen LogP contribution is 2.35. The summed E-state index contributed by atoms with van der Waals surface area (Å²) in [7, 11) is 0. The van der Waals surface area contributed by atoms with Crippen LogP contribution >= 0.6 is 15.9 Å². The first kappa shape index (κ1) is 12.0. The molecule has 2 rings (SSSR count). The van der Waals surface area contributed by atoms with Crippen LogP contribution < -0.4 is 0 Å². The van der Waals surface area contributed by atoms with Crippen LogP contribution in [0.5, 0.6) is 0 Å². The van der Waals surface area contributed by atoms with Crippen molar-refractivity contribution in [3.63, 3.8) is 0 Å². The van der Waals surface area contributed by atoms with E-state index in [1.807, 2.05) is 0 Å². The quantitative estimate of drug-likeness (QED) is 0.807. The standard InChI is InChI=1S/C11H11BrF2O2/c12-8-6-9(13)7(5-10(8)14)11(15)1-3-16-4-2-11/h5-6,15H,1-4H2. The Hall–Kier alpha value is -0.520. The summed E-state index contributed by atoms with van der Waals surface area (Å²) in [6, 6.07) is 2.09. The van der Waals surface area contributed by atoms with Crippen LogP contribution in [0.4, 0.5) is 8.78 Å². The summed E-state index contributed by atoms with van der Waals surface area (Å²) in [5, 5.41) is 10.2. The zero-order chi connectivity index (χ0) is 11.8. The Kier molecular flexibility index (Phi) is 3.28. The maximum absolute atomic E-state index is 13.7. The van der Waals surface area contributed by atoms with Gasteiger partial charge in [0.15, 0.2) is 0 Å². The van der Waals surface area contributed by atoms with E-state index in [0.717, 1.165) is 12.1 Å². The molecule has 16 heavy (non-hydrogen) atoms. The molecular weight excluding hydrogens is 282 g/mol. The van der Waals surface area contributed by atoms with Crippen molar-refractivity contribution in [1.29, 1.82) is 0 Å². The van der Waals surface area contributed by atoms with Gasteiger partial charge in [-0.1, -0.05) is 0 Å². The Morgan fingerprint density at radius 1 is 1.19 bits per heavy atom.